The van der Waals surface area contributed by atoms with Crippen LogP contribution in [0.4, 0.5) is 0 Å². The van der Waals surface area contributed by atoms with Gasteiger partial charge in [-0.3, -0.25) is 0 Å². The molecule has 1 aromatic heterocycles. The monoisotopic (exact) mass is 215 g/mol. The van der Waals surface area contributed by atoms with Gasteiger partial charge in [-0.2, -0.15) is 0 Å². The van der Waals surface area contributed by atoms with Crippen molar-refractivity contribution in [1.29, 1.82) is 0 Å². The van der Waals surface area contributed by atoms with Gasteiger partial charge in [-0.05, 0) is 56.0 Å². The third-order valence-corrected chi connectivity index (χ3v) is 3.54. The molecule has 1 aliphatic heterocycles. The summed E-state index contributed by atoms with van der Waals surface area (Å²) in [5, 5.41) is 4.75. The van der Waals surface area contributed by atoms with E-state index in [1.807, 2.05) is 6.26 Å². The summed E-state index contributed by atoms with van der Waals surface area (Å²) in [4.78, 5) is 0. The molecule has 1 saturated heterocycles. The first-order valence-electron chi connectivity index (χ1n) is 6.01. The van der Waals surface area contributed by atoms with Crippen LogP contribution >= 0.6 is 0 Å². The summed E-state index contributed by atoms with van der Waals surface area (Å²) in [6.45, 7) is 4.46. The van der Waals surface area contributed by atoms with E-state index in [4.69, 9.17) is 4.42 Å². The van der Waals surface area contributed by atoms with Gasteiger partial charge < -0.3 is 9.73 Å². The topological polar surface area (TPSA) is 25.2 Å². The van der Waals surface area contributed by atoms with Crippen molar-refractivity contribution in [2.45, 2.75) is 19.8 Å². The molecule has 2 aromatic rings. The molecule has 1 N–H and O–H groups in total. The normalized spacial score (nSPS) is 20.7. The molecule has 84 valence electrons. The van der Waals surface area contributed by atoms with Gasteiger partial charge in [0, 0.05) is 5.39 Å². The van der Waals surface area contributed by atoms with Crippen LogP contribution in [0.15, 0.2) is 28.9 Å². The minimum absolute atomic E-state index is 0.792. The third kappa shape index (κ3) is 1.63. The minimum Gasteiger partial charge on any atom is -0.464 e. The number of hydrogen-bond donors (Lipinski definition) is 1. The molecule has 0 saturated carbocycles. The SMILES string of the molecule is Cc1coc2cccc(CC3CCNC3)c12. The van der Waals surface area contributed by atoms with Gasteiger partial charge in [0.1, 0.15) is 5.58 Å². The van der Waals surface area contributed by atoms with Crippen molar-refractivity contribution < 1.29 is 4.42 Å². The number of aryl methyl sites for hydroxylation is 1. The predicted molar refractivity (Wildman–Crippen MR) is 65.6 cm³/mol. The second kappa shape index (κ2) is 3.95. The van der Waals surface area contributed by atoms with Crippen LogP contribution in [-0.2, 0) is 6.42 Å². The molecule has 1 aromatic carbocycles. The third-order valence-electron chi connectivity index (χ3n) is 3.54. The molecule has 0 radical (unpaired) electrons. The Balaban J connectivity index is 1.98. The molecule has 16 heavy (non-hydrogen) atoms. The number of hydrogen-bond acceptors (Lipinski definition) is 2. The van der Waals surface area contributed by atoms with Gasteiger partial charge in [-0.25, -0.2) is 0 Å². The van der Waals surface area contributed by atoms with Crippen LogP contribution in [0.5, 0.6) is 0 Å². The van der Waals surface area contributed by atoms with Gasteiger partial charge in [0.2, 0.25) is 0 Å². The molecule has 1 fully saturated rings. The van der Waals surface area contributed by atoms with E-state index in [2.05, 4.69) is 30.4 Å². The van der Waals surface area contributed by atoms with Gasteiger partial charge in [0.05, 0.1) is 6.26 Å². The predicted octanol–water partition coefficient (Wildman–Crippen LogP) is 2.89. The second-order valence-corrected chi connectivity index (χ2v) is 4.77. The number of nitrogens with one attached hydrogen (secondary N) is 1. The van der Waals surface area contributed by atoms with Crippen LogP contribution in [0.1, 0.15) is 17.5 Å². The van der Waals surface area contributed by atoms with E-state index < -0.39 is 0 Å². The Labute approximate surface area is 95.6 Å². The van der Waals surface area contributed by atoms with Crippen LogP contribution in [-0.4, -0.2) is 13.1 Å². The summed E-state index contributed by atoms with van der Waals surface area (Å²) in [6.07, 6.45) is 4.33. The van der Waals surface area contributed by atoms with Crippen molar-refractivity contribution in [1.82, 2.24) is 5.32 Å². The average molecular weight is 215 g/mol. The molecule has 3 rings (SSSR count). The molecule has 0 bridgehead atoms. The summed E-state index contributed by atoms with van der Waals surface area (Å²) < 4.78 is 5.54. The number of fused-ring (bicyclic) bond motifs is 1. The van der Waals surface area contributed by atoms with Crippen molar-refractivity contribution >= 4 is 11.0 Å². The van der Waals surface area contributed by atoms with Crippen LogP contribution < -0.4 is 5.32 Å². The zero-order valence-corrected chi connectivity index (χ0v) is 9.62. The van der Waals surface area contributed by atoms with E-state index in [0.717, 1.165) is 18.0 Å². The Bertz CT molecular complexity index is 494. The Kier molecular flexibility index (Phi) is 2.44. The maximum absolute atomic E-state index is 5.54. The number of furan rings is 1. The zero-order valence-electron chi connectivity index (χ0n) is 9.62. The van der Waals surface area contributed by atoms with Crippen LogP contribution in [0.25, 0.3) is 11.0 Å². The van der Waals surface area contributed by atoms with Gasteiger partial charge >= 0.3 is 0 Å². The zero-order chi connectivity index (χ0) is 11.0. The summed E-state index contributed by atoms with van der Waals surface area (Å²) in [5.41, 5.74) is 3.73. The van der Waals surface area contributed by atoms with Crippen molar-refractivity contribution in [3.8, 4) is 0 Å². The summed E-state index contributed by atoms with van der Waals surface area (Å²) in [5.74, 6) is 0.792. The quantitative estimate of drug-likeness (QED) is 0.833. The Hall–Kier alpha value is -1.28. The molecule has 1 aliphatic rings. The molecule has 2 heteroatoms. The van der Waals surface area contributed by atoms with Gasteiger partial charge in [0.15, 0.2) is 0 Å². The maximum atomic E-state index is 5.54. The van der Waals surface area contributed by atoms with E-state index in [0.29, 0.717) is 0 Å². The minimum atomic E-state index is 0.792. The molecule has 1 unspecified atom stereocenters. The molecule has 0 spiro atoms. The Morgan fingerprint density at radius 3 is 3.19 bits per heavy atom. The van der Waals surface area contributed by atoms with Crippen molar-refractivity contribution in [2.75, 3.05) is 13.1 Å². The highest BCUT2D eigenvalue weighted by Crippen LogP contribution is 2.27. The first kappa shape index (κ1) is 9.91. The number of benzene rings is 1. The first-order chi connectivity index (χ1) is 7.84. The highest BCUT2D eigenvalue weighted by atomic mass is 16.3. The average Bonchev–Trinajstić information content (AvgIpc) is 2.90. The van der Waals surface area contributed by atoms with E-state index in [-0.39, 0.29) is 0 Å². The lowest BCUT2D eigenvalue weighted by Crippen LogP contribution is -2.10. The lowest BCUT2D eigenvalue weighted by Gasteiger charge is -2.09. The Morgan fingerprint density at radius 2 is 2.38 bits per heavy atom. The molecule has 2 heterocycles. The highest BCUT2D eigenvalue weighted by molar-refractivity contribution is 5.84. The van der Waals surface area contributed by atoms with E-state index >= 15 is 0 Å². The fourth-order valence-electron chi connectivity index (χ4n) is 2.70. The summed E-state index contributed by atoms with van der Waals surface area (Å²) in [7, 11) is 0. The molecule has 2 nitrogen and oxygen atoms in total. The fraction of sp³-hybridized carbons (Fsp3) is 0.429. The molecular formula is C14H17NO. The molecule has 1 atom stereocenters. The standard InChI is InChI=1S/C14H17NO/c1-10-9-16-13-4-2-3-12(14(10)13)7-11-5-6-15-8-11/h2-4,9,11,15H,5-8H2,1H3. The summed E-state index contributed by atoms with van der Waals surface area (Å²) >= 11 is 0. The smallest absolute Gasteiger partial charge is 0.134 e. The first-order valence-corrected chi connectivity index (χ1v) is 6.01. The van der Waals surface area contributed by atoms with E-state index in [9.17, 15) is 0 Å². The van der Waals surface area contributed by atoms with Crippen LogP contribution in [0.2, 0.25) is 0 Å². The number of rotatable bonds is 2. The lowest BCUT2D eigenvalue weighted by molar-refractivity contribution is 0.581. The Morgan fingerprint density at radius 1 is 1.44 bits per heavy atom. The van der Waals surface area contributed by atoms with Crippen LogP contribution in [0, 0.1) is 12.8 Å². The van der Waals surface area contributed by atoms with Crippen LogP contribution in [0.3, 0.4) is 0 Å². The van der Waals surface area contributed by atoms with Crippen molar-refractivity contribution in [2.24, 2.45) is 5.92 Å². The molecular weight excluding hydrogens is 198 g/mol. The molecule has 0 amide bonds. The largest absolute Gasteiger partial charge is 0.464 e. The van der Waals surface area contributed by atoms with Crippen molar-refractivity contribution in [3.63, 3.8) is 0 Å². The van der Waals surface area contributed by atoms with Gasteiger partial charge in [-0.1, -0.05) is 12.1 Å². The van der Waals surface area contributed by atoms with Gasteiger partial charge in [0.25, 0.3) is 0 Å². The fourth-order valence-corrected chi connectivity index (χ4v) is 2.70. The van der Waals surface area contributed by atoms with E-state index in [1.165, 1.54) is 35.9 Å². The van der Waals surface area contributed by atoms with Crippen molar-refractivity contribution in [3.05, 3.63) is 35.6 Å². The van der Waals surface area contributed by atoms with E-state index in [1.54, 1.807) is 0 Å². The highest BCUT2D eigenvalue weighted by Gasteiger charge is 2.17. The lowest BCUT2D eigenvalue weighted by atomic mass is 9.95. The second-order valence-electron chi connectivity index (χ2n) is 4.77. The summed E-state index contributed by atoms with van der Waals surface area (Å²) in [6, 6.07) is 6.39. The molecule has 0 aliphatic carbocycles. The van der Waals surface area contributed by atoms with Gasteiger partial charge in [-0.15, -0.1) is 0 Å². The maximum Gasteiger partial charge on any atom is 0.134 e.